The normalized spacial score (nSPS) is 11.0. The summed E-state index contributed by atoms with van der Waals surface area (Å²) in [6.07, 6.45) is 5.11. The molecule has 0 aromatic rings. The lowest BCUT2D eigenvalue weighted by molar-refractivity contribution is -0.0466. The van der Waals surface area contributed by atoms with E-state index >= 15 is 0 Å². The zero-order valence-electron chi connectivity index (χ0n) is 7.92. The van der Waals surface area contributed by atoms with Crippen LogP contribution in [0.3, 0.4) is 0 Å². The second-order valence-electron chi connectivity index (χ2n) is 3.14. The summed E-state index contributed by atoms with van der Waals surface area (Å²) >= 11 is 0. The second kappa shape index (κ2) is 8.97. The van der Waals surface area contributed by atoms with Gasteiger partial charge in [-0.15, -0.1) is 0 Å². The Morgan fingerprint density at radius 1 is 1.00 bits per heavy atom. The van der Waals surface area contributed by atoms with Crippen LogP contribution in [-0.2, 0) is 0 Å². The minimum atomic E-state index is -1.11. The van der Waals surface area contributed by atoms with Crippen LogP contribution in [0.2, 0.25) is 0 Å². The molecule has 3 N–H and O–H groups in total. The van der Waals surface area contributed by atoms with Crippen molar-refractivity contribution in [1.29, 1.82) is 0 Å². The molecule has 0 saturated heterocycles. The van der Waals surface area contributed by atoms with E-state index in [1.807, 2.05) is 7.05 Å². The largest absolute Gasteiger partial charge is 0.368 e. The smallest absolute Gasteiger partial charge is 0.151 e. The third-order valence-corrected chi connectivity index (χ3v) is 1.89. The van der Waals surface area contributed by atoms with E-state index in [0.29, 0.717) is 6.42 Å². The minimum absolute atomic E-state index is 0.520. The van der Waals surface area contributed by atoms with Crippen molar-refractivity contribution < 1.29 is 10.2 Å². The molecule has 0 atom stereocenters. The van der Waals surface area contributed by atoms with Crippen LogP contribution in [0.15, 0.2) is 0 Å². The molecule has 12 heavy (non-hydrogen) atoms. The fourth-order valence-electron chi connectivity index (χ4n) is 1.16. The van der Waals surface area contributed by atoms with Crippen molar-refractivity contribution in [1.82, 2.24) is 5.32 Å². The second-order valence-corrected chi connectivity index (χ2v) is 3.14. The molecule has 0 heterocycles. The number of aliphatic hydroxyl groups excluding tert-OH is 1. The minimum Gasteiger partial charge on any atom is -0.368 e. The molecule has 0 aromatic heterocycles. The summed E-state index contributed by atoms with van der Waals surface area (Å²) in [7, 11) is 1.96. The average Bonchev–Trinajstić information content (AvgIpc) is 2.02. The number of rotatable bonds is 8. The maximum atomic E-state index is 8.54. The van der Waals surface area contributed by atoms with Gasteiger partial charge < -0.3 is 15.5 Å². The first kappa shape index (κ1) is 11.9. The van der Waals surface area contributed by atoms with Gasteiger partial charge in [-0.05, 0) is 32.9 Å². The molecule has 0 unspecified atom stereocenters. The Morgan fingerprint density at radius 3 is 2.17 bits per heavy atom. The van der Waals surface area contributed by atoms with Crippen LogP contribution in [0.1, 0.15) is 38.5 Å². The quantitative estimate of drug-likeness (QED) is 0.379. The van der Waals surface area contributed by atoms with Gasteiger partial charge in [0.15, 0.2) is 6.29 Å². The van der Waals surface area contributed by atoms with Crippen molar-refractivity contribution in [3.05, 3.63) is 0 Å². The van der Waals surface area contributed by atoms with E-state index in [9.17, 15) is 0 Å². The van der Waals surface area contributed by atoms with Gasteiger partial charge in [-0.3, -0.25) is 0 Å². The summed E-state index contributed by atoms with van der Waals surface area (Å²) < 4.78 is 0. The van der Waals surface area contributed by atoms with Crippen LogP contribution in [0.5, 0.6) is 0 Å². The van der Waals surface area contributed by atoms with Gasteiger partial charge in [0, 0.05) is 0 Å². The van der Waals surface area contributed by atoms with Crippen LogP contribution in [0.4, 0.5) is 0 Å². The van der Waals surface area contributed by atoms with Crippen LogP contribution in [0.25, 0.3) is 0 Å². The van der Waals surface area contributed by atoms with Crippen LogP contribution < -0.4 is 5.32 Å². The monoisotopic (exact) mass is 175 g/mol. The van der Waals surface area contributed by atoms with Crippen molar-refractivity contribution in [2.45, 2.75) is 44.8 Å². The zero-order chi connectivity index (χ0) is 9.23. The highest BCUT2D eigenvalue weighted by Gasteiger charge is 1.96. The van der Waals surface area contributed by atoms with E-state index in [0.717, 1.165) is 19.4 Å². The van der Waals surface area contributed by atoms with Crippen molar-refractivity contribution >= 4 is 0 Å². The summed E-state index contributed by atoms with van der Waals surface area (Å²) in [4.78, 5) is 0. The summed E-state index contributed by atoms with van der Waals surface area (Å²) in [5.41, 5.74) is 0. The van der Waals surface area contributed by atoms with Gasteiger partial charge in [-0.25, -0.2) is 0 Å². The average molecular weight is 175 g/mol. The molecule has 0 rings (SSSR count). The molecule has 0 aliphatic carbocycles. The van der Waals surface area contributed by atoms with Crippen molar-refractivity contribution in [2.24, 2.45) is 0 Å². The molecular formula is C9H21NO2. The zero-order valence-corrected chi connectivity index (χ0v) is 7.92. The first-order chi connectivity index (χ1) is 5.77. The molecule has 0 spiro atoms. The maximum absolute atomic E-state index is 8.54. The molecule has 74 valence electrons. The molecule has 3 nitrogen and oxygen atoms in total. The standard InChI is InChI=1S/C9H21NO2/c1-10-8-6-4-2-3-5-7-9(11)12/h9-12H,2-8H2,1H3. The van der Waals surface area contributed by atoms with Gasteiger partial charge in [0.2, 0.25) is 0 Å². The molecule has 0 radical (unpaired) electrons. The van der Waals surface area contributed by atoms with Gasteiger partial charge in [0.1, 0.15) is 0 Å². The maximum Gasteiger partial charge on any atom is 0.151 e. The lowest BCUT2D eigenvalue weighted by Gasteiger charge is -2.02. The molecule has 0 aromatic carbocycles. The molecule has 0 saturated carbocycles. The summed E-state index contributed by atoms with van der Waals surface area (Å²) in [5.74, 6) is 0. The molecular weight excluding hydrogens is 154 g/mol. The number of hydrogen-bond donors (Lipinski definition) is 3. The van der Waals surface area contributed by atoms with E-state index in [-0.39, 0.29) is 0 Å². The number of nitrogens with one attached hydrogen (secondary N) is 1. The fourth-order valence-corrected chi connectivity index (χ4v) is 1.16. The fraction of sp³-hybridized carbons (Fsp3) is 1.00. The summed E-state index contributed by atoms with van der Waals surface area (Å²) in [5, 5.41) is 20.2. The van der Waals surface area contributed by atoms with Crippen LogP contribution >= 0.6 is 0 Å². The first-order valence-electron chi connectivity index (χ1n) is 4.78. The van der Waals surface area contributed by atoms with Crippen molar-refractivity contribution in [2.75, 3.05) is 13.6 Å². The molecule has 0 bridgehead atoms. The molecule has 0 fully saturated rings. The number of unbranched alkanes of at least 4 members (excludes halogenated alkanes) is 4. The highest BCUT2D eigenvalue weighted by Crippen LogP contribution is 2.05. The topological polar surface area (TPSA) is 52.5 Å². The number of hydrogen-bond acceptors (Lipinski definition) is 3. The van der Waals surface area contributed by atoms with Crippen LogP contribution in [0, 0.1) is 0 Å². The van der Waals surface area contributed by atoms with E-state index in [1.54, 1.807) is 0 Å². The van der Waals surface area contributed by atoms with E-state index in [1.165, 1.54) is 19.3 Å². The van der Waals surface area contributed by atoms with Gasteiger partial charge in [-0.1, -0.05) is 19.3 Å². The van der Waals surface area contributed by atoms with Gasteiger partial charge >= 0.3 is 0 Å². The summed E-state index contributed by atoms with van der Waals surface area (Å²) in [6, 6.07) is 0. The van der Waals surface area contributed by atoms with Gasteiger partial charge in [0.05, 0.1) is 0 Å². The third kappa shape index (κ3) is 9.88. The van der Waals surface area contributed by atoms with Gasteiger partial charge in [0.25, 0.3) is 0 Å². The first-order valence-corrected chi connectivity index (χ1v) is 4.78. The molecule has 0 aliphatic heterocycles. The Hall–Kier alpha value is -0.120. The number of aliphatic hydroxyl groups is 2. The Bertz CT molecular complexity index is 86.6. The Kier molecular flexibility index (Phi) is 8.88. The third-order valence-electron chi connectivity index (χ3n) is 1.89. The molecule has 3 heteroatoms. The van der Waals surface area contributed by atoms with Crippen molar-refractivity contribution in [3.63, 3.8) is 0 Å². The molecule has 0 amide bonds. The lowest BCUT2D eigenvalue weighted by atomic mass is 10.1. The Labute approximate surface area is 74.8 Å². The van der Waals surface area contributed by atoms with E-state index < -0.39 is 6.29 Å². The molecule has 0 aliphatic rings. The predicted molar refractivity (Wildman–Crippen MR) is 49.9 cm³/mol. The lowest BCUT2D eigenvalue weighted by Crippen LogP contribution is -2.07. The van der Waals surface area contributed by atoms with Crippen molar-refractivity contribution in [3.8, 4) is 0 Å². The Morgan fingerprint density at radius 2 is 1.58 bits per heavy atom. The predicted octanol–water partition coefficient (Wildman–Crippen LogP) is 0.857. The summed E-state index contributed by atoms with van der Waals surface area (Å²) in [6.45, 7) is 1.09. The van der Waals surface area contributed by atoms with Gasteiger partial charge in [-0.2, -0.15) is 0 Å². The highest BCUT2D eigenvalue weighted by molar-refractivity contribution is 4.47. The van der Waals surface area contributed by atoms with E-state index in [4.69, 9.17) is 10.2 Å². The Balaban J connectivity index is 2.82. The van der Waals surface area contributed by atoms with E-state index in [2.05, 4.69) is 5.32 Å². The highest BCUT2D eigenvalue weighted by atomic mass is 16.5. The SMILES string of the molecule is CNCCCCCCCC(O)O. The van der Waals surface area contributed by atoms with Crippen LogP contribution in [-0.4, -0.2) is 30.1 Å².